The molecule has 1 heterocycles. The molecule has 1 aromatic rings. The van der Waals surface area contributed by atoms with E-state index in [-0.39, 0.29) is 11.9 Å². The van der Waals surface area contributed by atoms with Gasteiger partial charge in [0.05, 0.1) is 6.20 Å². The average Bonchev–Trinajstić information content (AvgIpc) is 2.38. The Bertz CT molecular complexity index is 426. The second kappa shape index (κ2) is 7.75. The van der Waals surface area contributed by atoms with E-state index in [0.29, 0.717) is 36.3 Å². The highest BCUT2D eigenvalue weighted by Gasteiger charge is 2.06. The van der Waals surface area contributed by atoms with Gasteiger partial charge >= 0.3 is 0 Å². The summed E-state index contributed by atoms with van der Waals surface area (Å²) in [5.41, 5.74) is 2.33. The summed E-state index contributed by atoms with van der Waals surface area (Å²) in [5, 5.41) is 6.17. The van der Waals surface area contributed by atoms with Gasteiger partial charge in [0, 0.05) is 19.5 Å². The maximum absolute atomic E-state index is 11.5. The Morgan fingerprint density at radius 2 is 2.26 bits per heavy atom. The van der Waals surface area contributed by atoms with Gasteiger partial charge < -0.3 is 10.6 Å². The molecule has 0 fully saturated rings. The minimum absolute atomic E-state index is 0.0106. The van der Waals surface area contributed by atoms with E-state index in [2.05, 4.69) is 26.0 Å². The van der Waals surface area contributed by atoms with Gasteiger partial charge in [-0.25, -0.2) is 10.8 Å². The van der Waals surface area contributed by atoms with Crippen molar-refractivity contribution >= 4 is 29.3 Å². The third kappa shape index (κ3) is 5.71. The topological polar surface area (TPSA) is 105 Å². The predicted octanol–water partition coefficient (Wildman–Crippen LogP) is 0.990. The van der Waals surface area contributed by atoms with Crippen molar-refractivity contribution in [2.24, 2.45) is 11.8 Å². The Hall–Kier alpha value is -1.60. The van der Waals surface area contributed by atoms with Crippen molar-refractivity contribution in [3.8, 4) is 0 Å². The van der Waals surface area contributed by atoms with Crippen LogP contribution in [0.25, 0.3) is 0 Å². The van der Waals surface area contributed by atoms with Gasteiger partial charge in [-0.3, -0.25) is 10.2 Å². The van der Waals surface area contributed by atoms with Gasteiger partial charge in [-0.2, -0.15) is 4.98 Å². The molecule has 1 amide bonds. The summed E-state index contributed by atoms with van der Waals surface area (Å²) in [4.78, 5) is 19.4. The van der Waals surface area contributed by atoms with Crippen LogP contribution in [-0.4, -0.2) is 29.0 Å². The van der Waals surface area contributed by atoms with Crippen molar-refractivity contribution in [2.75, 3.05) is 23.8 Å². The number of hydrazine groups is 1. The second-order valence-electron chi connectivity index (χ2n) is 4.41. The zero-order chi connectivity index (χ0) is 14.3. The molecule has 0 unspecified atom stereocenters. The number of nitrogens with two attached hydrogens (primary N) is 1. The van der Waals surface area contributed by atoms with E-state index in [1.54, 1.807) is 0 Å². The smallest absolute Gasteiger partial charge is 0.239 e. The van der Waals surface area contributed by atoms with Crippen molar-refractivity contribution in [3.63, 3.8) is 0 Å². The summed E-state index contributed by atoms with van der Waals surface area (Å²) < 4.78 is 0. The molecule has 1 rings (SSSR count). The fourth-order valence-electron chi connectivity index (χ4n) is 1.26. The summed E-state index contributed by atoms with van der Waals surface area (Å²) in [5.74, 6) is 6.34. The van der Waals surface area contributed by atoms with E-state index in [9.17, 15) is 4.79 Å². The molecule has 19 heavy (non-hydrogen) atoms. The fourth-order valence-corrected chi connectivity index (χ4v) is 1.42. The van der Waals surface area contributed by atoms with Gasteiger partial charge in [0.25, 0.3) is 0 Å². The highest BCUT2D eigenvalue weighted by atomic mass is 35.5. The molecule has 0 aliphatic carbocycles. The molecular formula is C11H19ClN6O. The van der Waals surface area contributed by atoms with Crippen molar-refractivity contribution in [2.45, 2.75) is 20.3 Å². The number of carbonyl (C=O) groups excluding carboxylic acids is 1. The average molecular weight is 287 g/mol. The standard InChI is InChI=1S/C11H19ClN6O/c1-7(2)5-15-9(19)3-4-14-10-8(12)6-16-11(17-10)18-13/h6-7H,3-5,13H2,1-2H3,(H,15,19)(H2,14,16,17,18). The number of aromatic nitrogens is 2. The second-order valence-corrected chi connectivity index (χ2v) is 4.82. The first-order valence-electron chi connectivity index (χ1n) is 6.02. The largest absolute Gasteiger partial charge is 0.368 e. The first-order valence-corrected chi connectivity index (χ1v) is 6.40. The summed E-state index contributed by atoms with van der Waals surface area (Å²) in [6, 6.07) is 0. The molecule has 0 aliphatic heterocycles. The van der Waals surface area contributed by atoms with Gasteiger partial charge in [0.1, 0.15) is 5.02 Å². The Labute approximate surface area is 117 Å². The van der Waals surface area contributed by atoms with Gasteiger partial charge in [0.2, 0.25) is 11.9 Å². The molecule has 7 nitrogen and oxygen atoms in total. The van der Waals surface area contributed by atoms with Crippen LogP contribution in [0.5, 0.6) is 0 Å². The first kappa shape index (κ1) is 15.5. The molecule has 0 bridgehead atoms. The van der Waals surface area contributed by atoms with Crippen molar-refractivity contribution in [3.05, 3.63) is 11.2 Å². The molecule has 0 aliphatic rings. The number of hydrogen-bond donors (Lipinski definition) is 4. The van der Waals surface area contributed by atoms with Crippen LogP contribution in [0.2, 0.25) is 5.02 Å². The molecular weight excluding hydrogens is 268 g/mol. The number of anilines is 2. The van der Waals surface area contributed by atoms with E-state index in [1.165, 1.54) is 6.20 Å². The number of hydrogen-bond acceptors (Lipinski definition) is 6. The van der Waals surface area contributed by atoms with Crippen molar-refractivity contribution in [1.82, 2.24) is 15.3 Å². The molecule has 0 saturated heterocycles. The van der Waals surface area contributed by atoms with Crippen LogP contribution < -0.4 is 21.9 Å². The van der Waals surface area contributed by atoms with Crippen LogP contribution in [0.3, 0.4) is 0 Å². The van der Waals surface area contributed by atoms with Crippen molar-refractivity contribution in [1.29, 1.82) is 0 Å². The van der Waals surface area contributed by atoms with E-state index in [4.69, 9.17) is 17.4 Å². The summed E-state index contributed by atoms with van der Waals surface area (Å²) in [7, 11) is 0. The summed E-state index contributed by atoms with van der Waals surface area (Å²) in [6.45, 7) is 5.19. The van der Waals surface area contributed by atoms with Gasteiger partial charge in [-0.1, -0.05) is 25.4 Å². The quantitative estimate of drug-likeness (QED) is 0.440. The van der Waals surface area contributed by atoms with Crippen LogP contribution >= 0.6 is 11.6 Å². The molecule has 0 aromatic carbocycles. The Morgan fingerprint density at radius 1 is 1.53 bits per heavy atom. The monoisotopic (exact) mass is 286 g/mol. The minimum Gasteiger partial charge on any atom is -0.368 e. The molecule has 106 valence electrons. The normalized spacial score (nSPS) is 10.4. The molecule has 1 aromatic heterocycles. The Balaban J connectivity index is 2.38. The van der Waals surface area contributed by atoms with Crippen LogP contribution in [0.4, 0.5) is 11.8 Å². The molecule has 5 N–H and O–H groups in total. The van der Waals surface area contributed by atoms with E-state index in [1.807, 2.05) is 13.8 Å². The van der Waals surface area contributed by atoms with Gasteiger partial charge in [-0.15, -0.1) is 0 Å². The lowest BCUT2D eigenvalue weighted by molar-refractivity contribution is -0.120. The van der Waals surface area contributed by atoms with Crippen LogP contribution in [-0.2, 0) is 4.79 Å². The van der Waals surface area contributed by atoms with Crippen molar-refractivity contribution < 1.29 is 4.79 Å². The van der Waals surface area contributed by atoms with Gasteiger partial charge in [0.15, 0.2) is 5.82 Å². The number of nitrogens with zero attached hydrogens (tertiary/aromatic N) is 2. The zero-order valence-electron chi connectivity index (χ0n) is 11.0. The first-order chi connectivity index (χ1) is 9.02. The van der Waals surface area contributed by atoms with E-state index >= 15 is 0 Å². The van der Waals surface area contributed by atoms with Crippen LogP contribution in [0, 0.1) is 5.92 Å². The maximum atomic E-state index is 11.5. The summed E-state index contributed by atoms with van der Waals surface area (Å²) in [6.07, 6.45) is 1.78. The maximum Gasteiger partial charge on any atom is 0.239 e. The molecule has 8 heteroatoms. The molecule has 0 radical (unpaired) electrons. The zero-order valence-corrected chi connectivity index (χ0v) is 11.8. The molecule has 0 saturated carbocycles. The van der Waals surface area contributed by atoms with E-state index in [0.717, 1.165) is 0 Å². The highest BCUT2D eigenvalue weighted by Crippen LogP contribution is 2.18. The Kier molecular flexibility index (Phi) is 6.31. The third-order valence-electron chi connectivity index (χ3n) is 2.23. The lowest BCUT2D eigenvalue weighted by Crippen LogP contribution is -2.28. The molecule has 0 spiro atoms. The fraction of sp³-hybridized carbons (Fsp3) is 0.545. The van der Waals surface area contributed by atoms with Gasteiger partial charge in [-0.05, 0) is 5.92 Å². The number of carbonyl (C=O) groups is 1. The summed E-state index contributed by atoms with van der Waals surface area (Å²) >= 11 is 5.91. The SMILES string of the molecule is CC(C)CNC(=O)CCNc1nc(NN)ncc1Cl. The number of rotatable bonds is 7. The van der Waals surface area contributed by atoms with E-state index < -0.39 is 0 Å². The molecule has 0 atom stereocenters. The number of nitrogen functional groups attached to an aromatic ring is 1. The highest BCUT2D eigenvalue weighted by molar-refractivity contribution is 6.32. The van der Waals surface area contributed by atoms with Crippen LogP contribution in [0.1, 0.15) is 20.3 Å². The number of nitrogens with one attached hydrogen (secondary N) is 3. The number of halogens is 1. The lowest BCUT2D eigenvalue weighted by atomic mass is 10.2. The number of amides is 1. The predicted molar refractivity (Wildman–Crippen MR) is 75.8 cm³/mol. The minimum atomic E-state index is -0.0106. The third-order valence-corrected chi connectivity index (χ3v) is 2.50. The van der Waals surface area contributed by atoms with Crippen LogP contribution in [0.15, 0.2) is 6.20 Å². The Morgan fingerprint density at radius 3 is 2.89 bits per heavy atom. The lowest BCUT2D eigenvalue weighted by Gasteiger charge is -2.10.